The van der Waals surface area contributed by atoms with E-state index in [0.717, 1.165) is 34.4 Å². The van der Waals surface area contributed by atoms with E-state index in [9.17, 15) is 4.79 Å². The van der Waals surface area contributed by atoms with Crippen LogP contribution in [0.3, 0.4) is 0 Å². The second-order valence-electron chi connectivity index (χ2n) is 5.61. The molecule has 3 aromatic rings. The van der Waals surface area contributed by atoms with E-state index in [1.165, 1.54) is 0 Å². The van der Waals surface area contributed by atoms with Crippen LogP contribution >= 0.6 is 0 Å². The Morgan fingerprint density at radius 1 is 0.960 bits per heavy atom. The molecule has 0 aliphatic heterocycles. The Hall–Kier alpha value is -3.08. The summed E-state index contributed by atoms with van der Waals surface area (Å²) in [7, 11) is 3.26. The summed E-state index contributed by atoms with van der Waals surface area (Å²) in [5.74, 6) is 1.42. The van der Waals surface area contributed by atoms with Crippen LogP contribution in [0.15, 0.2) is 54.6 Å². The monoisotopic (exact) mass is 336 g/mol. The van der Waals surface area contributed by atoms with E-state index in [-0.39, 0.29) is 5.91 Å². The lowest BCUT2D eigenvalue weighted by atomic mass is 10.1. The highest BCUT2D eigenvalue weighted by Crippen LogP contribution is 2.19. The van der Waals surface area contributed by atoms with Gasteiger partial charge in [0.25, 0.3) is 5.91 Å². The second kappa shape index (κ2) is 7.66. The third-order valence-electron chi connectivity index (χ3n) is 3.99. The number of methoxy groups -OCH3 is 2. The van der Waals surface area contributed by atoms with E-state index in [1.807, 2.05) is 48.5 Å². The molecule has 0 bridgehead atoms. The third-order valence-corrected chi connectivity index (χ3v) is 3.99. The number of pyridine rings is 1. The second-order valence-corrected chi connectivity index (χ2v) is 5.61. The Labute approximate surface area is 146 Å². The number of fused-ring (bicyclic) bond motifs is 1. The largest absolute Gasteiger partial charge is 0.497 e. The van der Waals surface area contributed by atoms with Crippen LogP contribution in [0.5, 0.6) is 11.5 Å². The quantitative estimate of drug-likeness (QED) is 0.751. The zero-order valence-electron chi connectivity index (χ0n) is 14.3. The molecule has 0 aliphatic carbocycles. The Morgan fingerprint density at radius 3 is 2.40 bits per heavy atom. The highest BCUT2D eigenvalue weighted by Gasteiger charge is 2.08. The van der Waals surface area contributed by atoms with Crippen LogP contribution < -0.4 is 14.8 Å². The molecule has 2 aromatic carbocycles. The molecule has 5 heteroatoms. The van der Waals surface area contributed by atoms with Gasteiger partial charge in [-0.15, -0.1) is 0 Å². The van der Waals surface area contributed by atoms with Crippen LogP contribution in [-0.4, -0.2) is 31.7 Å². The summed E-state index contributed by atoms with van der Waals surface area (Å²) in [6.45, 7) is 0.549. The zero-order chi connectivity index (χ0) is 17.6. The SMILES string of the molecule is COc1ccc(CCNC(=O)c2ccc3cc(OC)ccc3n2)cc1. The number of carbonyl (C=O) groups is 1. The van der Waals surface area contributed by atoms with Crippen molar-refractivity contribution in [1.29, 1.82) is 0 Å². The van der Waals surface area contributed by atoms with Crippen molar-refractivity contribution in [3.8, 4) is 11.5 Å². The highest BCUT2D eigenvalue weighted by molar-refractivity contribution is 5.95. The molecule has 0 saturated heterocycles. The Balaban J connectivity index is 1.61. The smallest absolute Gasteiger partial charge is 0.269 e. The lowest BCUT2D eigenvalue weighted by Gasteiger charge is -2.07. The van der Waals surface area contributed by atoms with Gasteiger partial charge in [0, 0.05) is 11.9 Å². The first-order chi connectivity index (χ1) is 12.2. The van der Waals surface area contributed by atoms with Crippen molar-refractivity contribution in [2.24, 2.45) is 0 Å². The van der Waals surface area contributed by atoms with E-state index in [2.05, 4.69) is 10.3 Å². The summed E-state index contributed by atoms with van der Waals surface area (Å²) in [5.41, 5.74) is 2.32. The van der Waals surface area contributed by atoms with Crippen LogP contribution in [0.25, 0.3) is 10.9 Å². The van der Waals surface area contributed by atoms with Crippen LogP contribution in [0.2, 0.25) is 0 Å². The number of carbonyl (C=O) groups excluding carboxylic acids is 1. The van der Waals surface area contributed by atoms with Crippen molar-refractivity contribution in [3.05, 3.63) is 65.9 Å². The molecule has 25 heavy (non-hydrogen) atoms. The molecule has 3 rings (SSSR count). The van der Waals surface area contributed by atoms with Gasteiger partial charge in [-0.2, -0.15) is 0 Å². The van der Waals surface area contributed by atoms with Gasteiger partial charge in [0.2, 0.25) is 0 Å². The summed E-state index contributed by atoms with van der Waals surface area (Å²) < 4.78 is 10.3. The molecule has 0 saturated carbocycles. The van der Waals surface area contributed by atoms with E-state index >= 15 is 0 Å². The number of hydrogen-bond acceptors (Lipinski definition) is 4. The number of benzene rings is 2. The maximum Gasteiger partial charge on any atom is 0.269 e. The van der Waals surface area contributed by atoms with Crippen molar-refractivity contribution >= 4 is 16.8 Å². The van der Waals surface area contributed by atoms with Crippen molar-refractivity contribution in [1.82, 2.24) is 10.3 Å². The first-order valence-corrected chi connectivity index (χ1v) is 8.05. The topological polar surface area (TPSA) is 60.5 Å². The fourth-order valence-corrected chi connectivity index (χ4v) is 2.56. The lowest BCUT2D eigenvalue weighted by molar-refractivity contribution is 0.0949. The summed E-state index contributed by atoms with van der Waals surface area (Å²) in [6.07, 6.45) is 0.751. The number of ether oxygens (including phenoxy) is 2. The van der Waals surface area contributed by atoms with E-state index in [1.54, 1.807) is 20.3 Å². The normalized spacial score (nSPS) is 10.5. The molecule has 1 N–H and O–H groups in total. The molecule has 0 radical (unpaired) electrons. The van der Waals surface area contributed by atoms with Crippen LogP contribution in [0.4, 0.5) is 0 Å². The Morgan fingerprint density at radius 2 is 1.68 bits per heavy atom. The lowest BCUT2D eigenvalue weighted by Crippen LogP contribution is -2.26. The highest BCUT2D eigenvalue weighted by atomic mass is 16.5. The summed E-state index contributed by atoms with van der Waals surface area (Å²) in [4.78, 5) is 16.7. The first-order valence-electron chi connectivity index (χ1n) is 8.05. The Bertz CT molecular complexity index is 876. The number of aromatic nitrogens is 1. The predicted molar refractivity (Wildman–Crippen MR) is 97.3 cm³/mol. The molecule has 128 valence electrons. The minimum atomic E-state index is -0.175. The number of nitrogens with one attached hydrogen (secondary N) is 1. The van der Waals surface area contributed by atoms with Crippen LogP contribution in [-0.2, 0) is 6.42 Å². The van der Waals surface area contributed by atoms with Gasteiger partial charge >= 0.3 is 0 Å². The van der Waals surface area contributed by atoms with Crippen molar-refractivity contribution in [2.45, 2.75) is 6.42 Å². The van der Waals surface area contributed by atoms with E-state index in [4.69, 9.17) is 9.47 Å². The molecule has 1 aromatic heterocycles. The summed E-state index contributed by atoms with van der Waals surface area (Å²) in [6, 6.07) is 17.0. The van der Waals surface area contributed by atoms with Crippen LogP contribution in [0.1, 0.15) is 16.1 Å². The van der Waals surface area contributed by atoms with Gasteiger partial charge in [-0.3, -0.25) is 4.79 Å². The molecular formula is C20H20N2O3. The van der Waals surface area contributed by atoms with Crippen molar-refractivity contribution in [3.63, 3.8) is 0 Å². The van der Waals surface area contributed by atoms with E-state index < -0.39 is 0 Å². The van der Waals surface area contributed by atoms with Crippen molar-refractivity contribution < 1.29 is 14.3 Å². The Kier molecular flexibility index (Phi) is 5.14. The van der Waals surface area contributed by atoms with Crippen molar-refractivity contribution in [2.75, 3.05) is 20.8 Å². The minimum absolute atomic E-state index is 0.175. The number of nitrogens with zero attached hydrogens (tertiary/aromatic N) is 1. The molecule has 1 amide bonds. The zero-order valence-corrected chi connectivity index (χ0v) is 14.3. The molecule has 0 spiro atoms. The molecular weight excluding hydrogens is 316 g/mol. The fourth-order valence-electron chi connectivity index (χ4n) is 2.56. The van der Waals surface area contributed by atoms with Gasteiger partial charge in [0.15, 0.2) is 0 Å². The maximum atomic E-state index is 12.3. The molecule has 0 unspecified atom stereocenters. The predicted octanol–water partition coefficient (Wildman–Crippen LogP) is 3.22. The van der Waals surface area contributed by atoms with Gasteiger partial charge in [0.1, 0.15) is 17.2 Å². The molecule has 0 atom stereocenters. The number of hydrogen-bond donors (Lipinski definition) is 1. The number of amides is 1. The summed E-state index contributed by atoms with van der Waals surface area (Å²) >= 11 is 0. The molecule has 1 heterocycles. The fraction of sp³-hybridized carbons (Fsp3) is 0.200. The molecule has 0 fully saturated rings. The molecule has 5 nitrogen and oxygen atoms in total. The van der Waals surface area contributed by atoms with Gasteiger partial charge in [0.05, 0.1) is 19.7 Å². The summed E-state index contributed by atoms with van der Waals surface area (Å²) in [5, 5.41) is 3.84. The maximum absolute atomic E-state index is 12.3. The van der Waals surface area contributed by atoms with Crippen LogP contribution in [0, 0.1) is 0 Å². The van der Waals surface area contributed by atoms with Gasteiger partial charge in [-0.25, -0.2) is 4.98 Å². The van der Waals surface area contributed by atoms with E-state index in [0.29, 0.717) is 12.2 Å². The third kappa shape index (κ3) is 4.07. The average molecular weight is 336 g/mol. The standard InChI is InChI=1S/C20H20N2O3/c1-24-16-6-3-14(4-7-16)11-12-21-20(23)19-9-5-15-13-17(25-2)8-10-18(15)22-19/h3-10,13H,11-12H2,1-2H3,(H,21,23). The molecule has 0 aliphatic rings. The van der Waals surface area contributed by atoms with Gasteiger partial charge in [-0.1, -0.05) is 18.2 Å². The van der Waals surface area contributed by atoms with Gasteiger partial charge in [-0.05, 0) is 48.4 Å². The number of rotatable bonds is 6. The minimum Gasteiger partial charge on any atom is -0.497 e. The van der Waals surface area contributed by atoms with Gasteiger partial charge < -0.3 is 14.8 Å². The first kappa shape index (κ1) is 16.8. The average Bonchev–Trinajstić information content (AvgIpc) is 2.67.